The molecule has 22 heavy (non-hydrogen) atoms. The highest BCUT2D eigenvalue weighted by Gasteiger charge is 2.30. The van der Waals surface area contributed by atoms with Gasteiger partial charge in [-0.3, -0.25) is 4.79 Å². The first-order valence-corrected chi connectivity index (χ1v) is 8.46. The normalized spacial score (nSPS) is 17.4. The monoisotopic (exact) mass is 316 g/mol. The number of sulfonamides is 1. The summed E-state index contributed by atoms with van der Waals surface area (Å²) in [5, 5.41) is 5.06. The molecule has 0 radical (unpaired) electrons. The Labute approximate surface area is 129 Å². The van der Waals surface area contributed by atoms with E-state index < -0.39 is 10.0 Å². The highest BCUT2D eigenvalue weighted by molar-refractivity contribution is 7.89. The maximum Gasteiger partial charge on any atom is 0.258 e. The highest BCUT2D eigenvalue weighted by atomic mass is 32.2. The number of carbonyl (C=O) groups excluding carboxylic acids is 1. The molecule has 5 nitrogen and oxygen atoms in total. The topological polar surface area (TPSA) is 80.5 Å². The minimum atomic E-state index is -3.75. The number of amides is 1. The summed E-state index contributed by atoms with van der Waals surface area (Å²) in [6.07, 6.45) is 0. The molecule has 2 aromatic rings. The maximum absolute atomic E-state index is 12.7. The molecule has 0 aromatic heterocycles. The van der Waals surface area contributed by atoms with Gasteiger partial charge in [-0.25, -0.2) is 13.6 Å². The molecular weight excluding hydrogens is 300 g/mol. The highest BCUT2D eigenvalue weighted by Crippen LogP contribution is 2.36. The lowest BCUT2D eigenvalue weighted by molar-refractivity contribution is 0.0988. The Hall–Kier alpha value is -2.18. The Morgan fingerprint density at radius 1 is 1.14 bits per heavy atom. The molecule has 0 fully saturated rings. The van der Waals surface area contributed by atoms with Gasteiger partial charge < -0.3 is 4.90 Å². The Balaban J connectivity index is 1.93. The van der Waals surface area contributed by atoms with E-state index in [1.165, 1.54) is 24.3 Å². The molecule has 0 bridgehead atoms. The van der Waals surface area contributed by atoms with E-state index in [0.29, 0.717) is 12.1 Å². The molecule has 2 aromatic carbocycles. The molecule has 0 unspecified atom stereocenters. The van der Waals surface area contributed by atoms with Crippen molar-refractivity contribution in [2.45, 2.75) is 17.7 Å². The van der Waals surface area contributed by atoms with Crippen molar-refractivity contribution >= 4 is 21.6 Å². The van der Waals surface area contributed by atoms with Gasteiger partial charge in [-0.05, 0) is 35.9 Å². The summed E-state index contributed by atoms with van der Waals surface area (Å²) in [4.78, 5) is 14.4. The van der Waals surface area contributed by atoms with Crippen LogP contribution in [0.5, 0.6) is 0 Å². The minimum absolute atomic E-state index is 0.000704. The first kappa shape index (κ1) is 14.7. The van der Waals surface area contributed by atoms with Gasteiger partial charge >= 0.3 is 0 Å². The summed E-state index contributed by atoms with van der Waals surface area (Å²) in [7, 11) is -3.75. The van der Waals surface area contributed by atoms with Crippen molar-refractivity contribution in [3.05, 3.63) is 59.7 Å². The van der Waals surface area contributed by atoms with E-state index in [-0.39, 0.29) is 16.7 Å². The second kappa shape index (κ2) is 5.23. The summed E-state index contributed by atoms with van der Waals surface area (Å²) in [5.74, 6) is 0.140. The van der Waals surface area contributed by atoms with E-state index >= 15 is 0 Å². The summed E-state index contributed by atoms with van der Waals surface area (Å²) in [5.41, 5.74) is 2.50. The second-order valence-corrected chi connectivity index (χ2v) is 7.01. The van der Waals surface area contributed by atoms with Crippen LogP contribution >= 0.6 is 0 Å². The van der Waals surface area contributed by atoms with Crippen LogP contribution < -0.4 is 10.0 Å². The molecule has 1 amide bonds. The number of nitrogens with zero attached hydrogens (tertiary/aromatic N) is 1. The van der Waals surface area contributed by atoms with Gasteiger partial charge in [0.05, 0.1) is 4.90 Å². The van der Waals surface area contributed by atoms with Gasteiger partial charge in [0.1, 0.15) is 0 Å². The molecular formula is C16H16N2O3S. The van der Waals surface area contributed by atoms with Gasteiger partial charge in [0.15, 0.2) is 0 Å². The molecule has 2 N–H and O–H groups in total. The third kappa shape index (κ3) is 2.51. The van der Waals surface area contributed by atoms with Gasteiger partial charge in [-0.1, -0.05) is 25.1 Å². The zero-order valence-electron chi connectivity index (χ0n) is 12.1. The van der Waals surface area contributed by atoms with Gasteiger partial charge in [-0.2, -0.15) is 0 Å². The molecule has 0 spiro atoms. The summed E-state index contributed by atoms with van der Waals surface area (Å²) < 4.78 is 22.5. The first-order chi connectivity index (χ1) is 10.4. The van der Waals surface area contributed by atoms with Crippen molar-refractivity contribution in [1.29, 1.82) is 0 Å². The van der Waals surface area contributed by atoms with E-state index in [2.05, 4.69) is 6.92 Å². The molecule has 1 atom stereocenters. The van der Waals surface area contributed by atoms with Crippen LogP contribution in [0, 0.1) is 0 Å². The molecule has 1 aliphatic rings. The predicted octanol–water partition coefficient (Wildman–Crippen LogP) is 2.10. The number of carbonyl (C=O) groups is 1. The molecule has 6 heteroatoms. The molecule has 3 rings (SSSR count). The second-order valence-electron chi connectivity index (χ2n) is 5.45. The van der Waals surface area contributed by atoms with Crippen LogP contribution in [0.4, 0.5) is 5.69 Å². The number of hydrogen-bond acceptors (Lipinski definition) is 3. The standard InChI is InChI=1S/C16H16N2O3S/c1-11-10-18(15-5-3-2-4-14(11)15)16(19)12-6-8-13(9-7-12)22(17,20)21/h2-9,11H,10H2,1H3,(H2,17,20,21)/t11-/m0/s1. The van der Waals surface area contributed by atoms with Crippen molar-refractivity contribution in [2.24, 2.45) is 5.14 Å². The maximum atomic E-state index is 12.7. The predicted molar refractivity (Wildman–Crippen MR) is 84.3 cm³/mol. The van der Waals surface area contributed by atoms with Crippen LogP contribution in [0.25, 0.3) is 0 Å². The van der Waals surface area contributed by atoms with Gasteiger partial charge in [0.25, 0.3) is 5.91 Å². The van der Waals surface area contributed by atoms with Crippen LogP contribution in [-0.2, 0) is 10.0 Å². The number of anilines is 1. The minimum Gasteiger partial charge on any atom is -0.307 e. The number of nitrogens with two attached hydrogens (primary N) is 1. The molecule has 0 aliphatic carbocycles. The largest absolute Gasteiger partial charge is 0.307 e. The van der Waals surface area contributed by atoms with Crippen LogP contribution in [-0.4, -0.2) is 20.9 Å². The number of hydrogen-bond donors (Lipinski definition) is 1. The van der Waals surface area contributed by atoms with E-state index in [4.69, 9.17) is 5.14 Å². The number of fused-ring (bicyclic) bond motifs is 1. The smallest absolute Gasteiger partial charge is 0.258 e. The van der Waals surface area contributed by atoms with Crippen molar-refractivity contribution < 1.29 is 13.2 Å². The molecule has 0 saturated carbocycles. The lowest BCUT2D eigenvalue weighted by atomic mass is 10.0. The van der Waals surface area contributed by atoms with Crippen LogP contribution in [0.3, 0.4) is 0 Å². The van der Waals surface area contributed by atoms with Crippen molar-refractivity contribution in [1.82, 2.24) is 0 Å². The third-order valence-electron chi connectivity index (χ3n) is 3.89. The zero-order chi connectivity index (χ0) is 15.9. The van der Waals surface area contributed by atoms with E-state index in [0.717, 1.165) is 11.3 Å². The Kier molecular flexibility index (Phi) is 3.50. The average molecular weight is 316 g/mol. The van der Waals surface area contributed by atoms with Crippen LogP contribution in [0.1, 0.15) is 28.8 Å². The van der Waals surface area contributed by atoms with E-state index in [9.17, 15) is 13.2 Å². The molecule has 0 saturated heterocycles. The van der Waals surface area contributed by atoms with Crippen LogP contribution in [0.2, 0.25) is 0 Å². The fraction of sp³-hybridized carbons (Fsp3) is 0.188. The molecule has 1 heterocycles. The quantitative estimate of drug-likeness (QED) is 0.921. The van der Waals surface area contributed by atoms with Crippen LogP contribution in [0.15, 0.2) is 53.4 Å². The van der Waals surface area contributed by atoms with Crippen molar-refractivity contribution in [3.63, 3.8) is 0 Å². The number of rotatable bonds is 2. The van der Waals surface area contributed by atoms with E-state index in [1.54, 1.807) is 4.90 Å². The number of benzene rings is 2. The molecule has 1 aliphatic heterocycles. The molecule has 114 valence electrons. The lowest BCUT2D eigenvalue weighted by Gasteiger charge is -2.17. The lowest BCUT2D eigenvalue weighted by Crippen LogP contribution is -2.29. The number of primary sulfonamides is 1. The Bertz CT molecular complexity index is 829. The van der Waals surface area contributed by atoms with Crippen molar-refractivity contribution in [3.8, 4) is 0 Å². The van der Waals surface area contributed by atoms with Gasteiger partial charge in [-0.15, -0.1) is 0 Å². The summed E-state index contributed by atoms with van der Waals surface area (Å²) in [6.45, 7) is 2.70. The van der Waals surface area contributed by atoms with E-state index in [1.807, 2.05) is 24.3 Å². The van der Waals surface area contributed by atoms with Crippen molar-refractivity contribution in [2.75, 3.05) is 11.4 Å². The van der Waals surface area contributed by atoms with Gasteiger partial charge in [0, 0.05) is 23.7 Å². The fourth-order valence-corrected chi connectivity index (χ4v) is 3.27. The first-order valence-electron chi connectivity index (χ1n) is 6.91. The summed E-state index contributed by atoms with van der Waals surface area (Å²) in [6, 6.07) is 13.5. The number of para-hydroxylation sites is 1. The fourth-order valence-electron chi connectivity index (χ4n) is 2.76. The Morgan fingerprint density at radius 3 is 2.41 bits per heavy atom. The summed E-state index contributed by atoms with van der Waals surface area (Å²) >= 11 is 0. The van der Waals surface area contributed by atoms with Gasteiger partial charge in [0.2, 0.25) is 10.0 Å². The SMILES string of the molecule is C[C@H]1CN(C(=O)c2ccc(S(N)(=O)=O)cc2)c2ccccc21. The zero-order valence-corrected chi connectivity index (χ0v) is 12.9. The Morgan fingerprint density at radius 2 is 1.77 bits per heavy atom. The average Bonchev–Trinajstić information content (AvgIpc) is 2.83. The third-order valence-corrected chi connectivity index (χ3v) is 4.82.